The molecule has 1 saturated heterocycles. The summed E-state index contributed by atoms with van der Waals surface area (Å²) in [6.45, 7) is 3.94. The summed E-state index contributed by atoms with van der Waals surface area (Å²) in [5.74, 6) is -0.595. The molecule has 0 amide bonds. The second kappa shape index (κ2) is 12.9. The number of methoxy groups -OCH3 is 2. The molecule has 1 aliphatic heterocycles. The Morgan fingerprint density at radius 1 is 0.971 bits per heavy atom. The van der Waals surface area contributed by atoms with Crippen LogP contribution in [0, 0.1) is 0 Å². The van der Waals surface area contributed by atoms with Crippen molar-refractivity contribution in [3.8, 4) is 5.75 Å². The van der Waals surface area contributed by atoms with Gasteiger partial charge in [-0.2, -0.15) is 0 Å². The Morgan fingerprint density at radius 3 is 2.26 bits per heavy atom. The van der Waals surface area contributed by atoms with Crippen molar-refractivity contribution in [2.24, 2.45) is 0 Å². The summed E-state index contributed by atoms with van der Waals surface area (Å²) in [6, 6.07) is 17.0. The molecule has 1 aliphatic rings. The van der Waals surface area contributed by atoms with Gasteiger partial charge >= 0.3 is 0 Å². The highest BCUT2D eigenvalue weighted by Gasteiger charge is 2.51. The summed E-state index contributed by atoms with van der Waals surface area (Å²) in [6.07, 6.45) is -2.31. The van der Waals surface area contributed by atoms with Gasteiger partial charge in [0.15, 0.2) is 24.0 Å². The maximum absolute atomic E-state index is 13.6. The predicted octanol–water partition coefficient (Wildman–Crippen LogP) is 3.84. The van der Waals surface area contributed by atoms with Crippen molar-refractivity contribution in [1.29, 1.82) is 0 Å². The zero-order valence-corrected chi connectivity index (χ0v) is 20.7. The number of carbonyl (C=O) groups excluding carboxylic acids is 2. The molecule has 2 aromatic rings. The fraction of sp³-hybridized carbons (Fsp3) is 0.481. The summed E-state index contributed by atoms with van der Waals surface area (Å²) in [4.78, 5) is 24.6. The van der Waals surface area contributed by atoms with Crippen LogP contribution in [-0.2, 0) is 46.5 Å². The second-order valence-corrected chi connectivity index (χ2v) is 8.72. The molecule has 0 saturated carbocycles. The highest BCUT2D eigenvalue weighted by atomic mass is 16.8. The van der Waals surface area contributed by atoms with Gasteiger partial charge in [0, 0.05) is 13.5 Å². The number of hydrogen-bond donors (Lipinski definition) is 0. The van der Waals surface area contributed by atoms with Crippen molar-refractivity contribution in [1.82, 2.24) is 0 Å². The van der Waals surface area contributed by atoms with Crippen LogP contribution < -0.4 is 4.74 Å². The van der Waals surface area contributed by atoms with E-state index in [4.69, 9.17) is 28.4 Å². The second-order valence-electron chi connectivity index (χ2n) is 8.72. The first kappa shape index (κ1) is 27.0. The number of aldehydes is 1. The maximum atomic E-state index is 13.6. The molecule has 0 spiro atoms. The Hall–Kier alpha value is -2.62. The summed E-state index contributed by atoms with van der Waals surface area (Å²) < 4.78 is 34.7. The molecule has 0 radical (unpaired) electrons. The Kier molecular flexibility index (Phi) is 9.94. The molecule has 1 unspecified atom stereocenters. The molecule has 8 nitrogen and oxygen atoms in total. The third kappa shape index (κ3) is 7.68. The lowest BCUT2D eigenvalue weighted by molar-refractivity contribution is -0.215. The lowest BCUT2D eigenvalue weighted by Crippen LogP contribution is -2.46. The van der Waals surface area contributed by atoms with E-state index in [0.29, 0.717) is 0 Å². The number of Topliss-reactive ketones (excluding diaryl/α,β-unsaturated/α-hetero) is 1. The van der Waals surface area contributed by atoms with Gasteiger partial charge in [0.1, 0.15) is 24.2 Å². The number of carbonyl (C=O) groups is 2. The number of benzene rings is 2. The Morgan fingerprint density at radius 2 is 1.63 bits per heavy atom. The van der Waals surface area contributed by atoms with E-state index in [1.165, 1.54) is 7.11 Å². The van der Waals surface area contributed by atoms with Gasteiger partial charge in [-0.15, -0.1) is 0 Å². The molecule has 8 heteroatoms. The van der Waals surface area contributed by atoms with Gasteiger partial charge < -0.3 is 33.2 Å². The van der Waals surface area contributed by atoms with Crippen molar-refractivity contribution in [2.75, 3.05) is 14.2 Å². The molecule has 2 aromatic carbocycles. The minimum absolute atomic E-state index is 0.189. The van der Waals surface area contributed by atoms with Gasteiger partial charge in [-0.3, -0.25) is 4.79 Å². The van der Waals surface area contributed by atoms with Gasteiger partial charge in [-0.1, -0.05) is 42.5 Å². The smallest absolute Gasteiger partial charge is 0.193 e. The fourth-order valence-corrected chi connectivity index (χ4v) is 3.89. The van der Waals surface area contributed by atoms with Crippen LogP contribution in [0.5, 0.6) is 5.75 Å². The van der Waals surface area contributed by atoms with Gasteiger partial charge in [0.2, 0.25) is 0 Å². The van der Waals surface area contributed by atoms with Crippen LogP contribution in [0.15, 0.2) is 54.6 Å². The van der Waals surface area contributed by atoms with E-state index < -0.39 is 30.4 Å². The average Bonchev–Trinajstić information content (AvgIpc) is 3.20. The van der Waals surface area contributed by atoms with Crippen LogP contribution in [0.25, 0.3) is 0 Å². The van der Waals surface area contributed by atoms with Crippen molar-refractivity contribution < 1.29 is 38.0 Å². The van der Waals surface area contributed by atoms with Gasteiger partial charge in [-0.25, -0.2) is 0 Å². The van der Waals surface area contributed by atoms with Crippen molar-refractivity contribution in [3.63, 3.8) is 0 Å². The van der Waals surface area contributed by atoms with Crippen LogP contribution >= 0.6 is 0 Å². The number of ether oxygens (including phenoxy) is 6. The third-order valence-electron chi connectivity index (χ3n) is 5.64. The van der Waals surface area contributed by atoms with Crippen molar-refractivity contribution >= 4 is 12.1 Å². The molecular weight excluding hydrogens is 452 g/mol. The quantitative estimate of drug-likeness (QED) is 0.294. The fourth-order valence-electron chi connectivity index (χ4n) is 3.89. The minimum Gasteiger partial charge on any atom is -0.497 e. The van der Waals surface area contributed by atoms with Crippen molar-refractivity contribution in [3.05, 3.63) is 65.7 Å². The molecule has 0 bridgehead atoms. The first-order valence-electron chi connectivity index (χ1n) is 11.6. The zero-order chi connectivity index (χ0) is 25.3. The van der Waals surface area contributed by atoms with Gasteiger partial charge in [-0.05, 0) is 43.5 Å². The van der Waals surface area contributed by atoms with Crippen molar-refractivity contribution in [2.45, 2.75) is 70.3 Å². The SMILES string of the molecule is COc1ccc(COC(OC)[C@H]2OC(C)(C)O[C@H]2C(=O)[C@@H](CCC=O)OCc2ccccc2)cc1. The van der Waals surface area contributed by atoms with Gasteiger partial charge in [0.05, 0.1) is 20.3 Å². The summed E-state index contributed by atoms with van der Waals surface area (Å²) in [5.41, 5.74) is 1.83. The van der Waals surface area contributed by atoms with Gasteiger partial charge in [0.25, 0.3) is 0 Å². The van der Waals surface area contributed by atoms with E-state index in [1.54, 1.807) is 21.0 Å². The van der Waals surface area contributed by atoms with E-state index >= 15 is 0 Å². The van der Waals surface area contributed by atoms with Crippen LogP contribution in [0.2, 0.25) is 0 Å². The Balaban J connectivity index is 1.72. The molecule has 0 aromatic heterocycles. The largest absolute Gasteiger partial charge is 0.497 e. The number of rotatable bonds is 14. The third-order valence-corrected chi connectivity index (χ3v) is 5.64. The molecule has 0 N–H and O–H groups in total. The topological polar surface area (TPSA) is 89.5 Å². The van der Waals surface area contributed by atoms with E-state index in [9.17, 15) is 9.59 Å². The van der Waals surface area contributed by atoms with Crippen LogP contribution in [0.1, 0.15) is 37.8 Å². The Labute approximate surface area is 206 Å². The maximum Gasteiger partial charge on any atom is 0.193 e. The highest BCUT2D eigenvalue weighted by Crippen LogP contribution is 2.33. The first-order valence-corrected chi connectivity index (χ1v) is 11.6. The zero-order valence-electron chi connectivity index (χ0n) is 20.7. The lowest BCUT2D eigenvalue weighted by atomic mass is 10.0. The van der Waals surface area contributed by atoms with E-state index in [-0.39, 0.29) is 31.8 Å². The number of ketones is 1. The van der Waals surface area contributed by atoms with E-state index in [1.807, 2.05) is 54.6 Å². The monoisotopic (exact) mass is 486 g/mol. The molecular formula is C27H34O8. The molecule has 4 atom stereocenters. The molecule has 3 rings (SSSR count). The molecule has 190 valence electrons. The standard InChI is InChI=1S/C27H34O8/c1-27(2)34-24(23(29)22(11-8-16-28)32-17-19-9-6-5-7-10-19)25(35-27)26(31-4)33-18-20-12-14-21(30-3)15-13-20/h5-7,9-10,12-16,22,24-26H,8,11,17-18H2,1-4H3/t22-,24+,25+,26?/m1/s1. The normalized spacial score (nSPS) is 20.8. The van der Waals surface area contributed by atoms with E-state index in [0.717, 1.165) is 23.2 Å². The van der Waals surface area contributed by atoms with E-state index in [2.05, 4.69) is 0 Å². The number of hydrogen-bond acceptors (Lipinski definition) is 8. The summed E-state index contributed by atoms with van der Waals surface area (Å²) >= 11 is 0. The Bertz CT molecular complexity index is 928. The molecule has 35 heavy (non-hydrogen) atoms. The predicted molar refractivity (Wildman–Crippen MR) is 128 cm³/mol. The molecule has 0 aliphatic carbocycles. The molecule has 1 heterocycles. The van der Waals surface area contributed by atoms with Crippen LogP contribution in [-0.4, -0.2) is 56.7 Å². The summed E-state index contributed by atoms with van der Waals surface area (Å²) in [7, 11) is 3.10. The molecule has 1 fully saturated rings. The summed E-state index contributed by atoms with van der Waals surface area (Å²) in [5, 5.41) is 0. The minimum atomic E-state index is -1.03. The lowest BCUT2D eigenvalue weighted by Gasteiger charge is -2.27. The van der Waals surface area contributed by atoms with Crippen LogP contribution in [0.4, 0.5) is 0 Å². The van der Waals surface area contributed by atoms with Crippen LogP contribution in [0.3, 0.4) is 0 Å². The average molecular weight is 487 g/mol. The first-order chi connectivity index (χ1) is 16.9. The highest BCUT2D eigenvalue weighted by molar-refractivity contribution is 5.88.